The van der Waals surface area contributed by atoms with Gasteiger partial charge in [-0.15, -0.1) is 12.4 Å². The van der Waals surface area contributed by atoms with Crippen LogP contribution >= 0.6 is 12.4 Å². The summed E-state index contributed by atoms with van der Waals surface area (Å²) in [5.41, 5.74) is 6.94. The van der Waals surface area contributed by atoms with Gasteiger partial charge in [-0.05, 0) is 38.5 Å². The summed E-state index contributed by atoms with van der Waals surface area (Å²) in [4.78, 5) is 30.6. The lowest BCUT2D eigenvalue weighted by molar-refractivity contribution is 0.0523. The predicted molar refractivity (Wildman–Crippen MR) is 104 cm³/mol. The molecular formula is C17H24ClN5O3. The third kappa shape index (κ3) is 5.66. The van der Waals surface area contributed by atoms with E-state index in [1.165, 1.54) is 7.05 Å². The summed E-state index contributed by atoms with van der Waals surface area (Å²) in [6.45, 7) is 5.69. The zero-order chi connectivity index (χ0) is 18.6. The number of hydrogen-bond acceptors (Lipinski definition) is 4. The molecule has 0 aliphatic heterocycles. The van der Waals surface area contributed by atoms with Crippen molar-refractivity contribution < 1.29 is 14.3 Å². The number of ether oxygens (including phenoxy) is 1. The summed E-state index contributed by atoms with van der Waals surface area (Å²) >= 11 is 0. The molecule has 5 N–H and O–H groups in total. The van der Waals surface area contributed by atoms with E-state index < -0.39 is 11.7 Å². The average Bonchev–Trinajstić information content (AvgIpc) is 2.95. The first-order valence-corrected chi connectivity index (χ1v) is 7.80. The first-order valence-electron chi connectivity index (χ1n) is 7.80. The summed E-state index contributed by atoms with van der Waals surface area (Å²) < 4.78 is 5.22. The molecule has 26 heavy (non-hydrogen) atoms. The summed E-state index contributed by atoms with van der Waals surface area (Å²) in [6, 6.07) is 7.27. The number of benzene rings is 1. The SMILES string of the molecule is CN=C(N)NC(=O)c1cc2c(CNC(=O)OC(C)(C)C)cccc2[nH]1.Cl. The normalized spacial score (nSPS) is 11.6. The van der Waals surface area contributed by atoms with Gasteiger partial charge in [-0.3, -0.25) is 15.1 Å². The Kier molecular flexibility index (Phi) is 7.02. The highest BCUT2D eigenvalue weighted by molar-refractivity contribution is 6.06. The maximum absolute atomic E-state index is 12.1. The molecule has 2 aromatic rings. The van der Waals surface area contributed by atoms with Crippen LogP contribution in [-0.4, -0.2) is 35.6 Å². The number of rotatable bonds is 3. The summed E-state index contributed by atoms with van der Waals surface area (Å²) in [5, 5.41) is 6.01. The second-order valence-corrected chi connectivity index (χ2v) is 6.48. The molecule has 8 nitrogen and oxygen atoms in total. The van der Waals surface area contributed by atoms with Crippen molar-refractivity contribution in [2.75, 3.05) is 7.05 Å². The minimum absolute atomic E-state index is 0. The molecule has 1 heterocycles. The number of carbonyl (C=O) groups is 2. The van der Waals surface area contributed by atoms with Crippen molar-refractivity contribution >= 4 is 41.3 Å². The van der Waals surface area contributed by atoms with Gasteiger partial charge < -0.3 is 20.8 Å². The van der Waals surface area contributed by atoms with Crippen LogP contribution in [0.15, 0.2) is 29.3 Å². The van der Waals surface area contributed by atoms with E-state index in [1.54, 1.807) is 26.8 Å². The number of aromatic nitrogens is 1. The van der Waals surface area contributed by atoms with Crippen molar-refractivity contribution in [1.82, 2.24) is 15.6 Å². The van der Waals surface area contributed by atoms with Crippen molar-refractivity contribution in [2.24, 2.45) is 10.7 Å². The van der Waals surface area contributed by atoms with Gasteiger partial charge in [-0.1, -0.05) is 12.1 Å². The van der Waals surface area contributed by atoms with Crippen LogP contribution in [0, 0.1) is 0 Å². The van der Waals surface area contributed by atoms with Crippen molar-refractivity contribution in [3.63, 3.8) is 0 Å². The minimum Gasteiger partial charge on any atom is -0.444 e. The van der Waals surface area contributed by atoms with Crippen LogP contribution < -0.4 is 16.4 Å². The lowest BCUT2D eigenvalue weighted by Crippen LogP contribution is -2.36. The molecule has 1 aromatic heterocycles. The van der Waals surface area contributed by atoms with Gasteiger partial charge in [0.2, 0.25) is 0 Å². The van der Waals surface area contributed by atoms with Crippen LogP contribution in [0.5, 0.6) is 0 Å². The Bertz CT molecular complexity index is 823. The number of nitrogens with zero attached hydrogens (tertiary/aromatic N) is 1. The highest BCUT2D eigenvalue weighted by Gasteiger charge is 2.17. The zero-order valence-corrected chi connectivity index (χ0v) is 16.0. The van der Waals surface area contributed by atoms with E-state index in [-0.39, 0.29) is 30.8 Å². The summed E-state index contributed by atoms with van der Waals surface area (Å²) in [6.07, 6.45) is -0.495. The number of aliphatic imine (C=N–C) groups is 1. The van der Waals surface area contributed by atoms with Crippen LogP contribution in [-0.2, 0) is 11.3 Å². The van der Waals surface area contributed by atoms with E-state index in [9.17, 15) is 9.59 Å². The monoisotopic (exact) mass is 381 g/mol. The summed E-state index contributed by atoms with van der Waals surface area (Å²) in [7, 11) is 1.49. The van der Waals surface area contributed by atoms with E-state index in [1.807, 2.05) is 18.2 Å². The molecule has 2 amide bonds. The number of aromatic amines is 1. The molecule has 142 valence electrons. The zero-order valence-electron chi connectivity index (χ0n) is 15.2. The Morgan fingerprint density at radius 3 is 2.62 bits per heavy atom. The molecule has 0 aliphatic carbocycles. The highest BCUT2D eigenvalue weighted by Crippen LogP contribution is 2.20. The number of alkyl carbamates (subject to hydrolysis) is 1. The number of nitrogens with two attached hydrogens (primary N) is 1. The smallest absolute Gasteiger partial charge is 0.407 e. The quantitative estimate of drug-likeness (QED) is 0.481. The van der Waals surface area contributed by atoms with Gasteiger partial charge in [0.05, 0.1) is 0 Å². The fourth-order valence-corrected chi connectivity index (χ4v) is 2.22. The number of fused-ring (bicyclic) bond motifs is 1. The van der Waals surface area contributed by atoms with Gasteiger partial charge in [0.15, 0.2) is 5.96 Å². The molecule has 0 fully saturated rings. The Balaban J connectivity index is 0.00000338. The Hall–Kier alpha value is -2.74. The molecule has 0 bridgehead atoms. The van der Waals surface area contributed by atoms with Crippen LogP contribution in [0.2, 0.25) is 0 Å². The third-order valence-corrected chi connectivity index (χ3v) is 3.30. The number of amides is 2. The standard InChI is InChI=1S/C17H23N5O3.ClH/c1-17(2,3)25-16(24)20-9-10-6-5-7-12-11(10)8-13(21-12)14(23)22-15(18)19-4;/h5-8,21H,9H2,1-4H3,(H,20,24)(H3,18,19,22,23);1H. The second-order valence-electron chi connectivity index (χ2n) is 6.48. The number of halogens is 1. The van der Waals surface area contributed by atoms with E-state index in [2.05, 4.69) is 20.6 Å². The topological polar surface area (TPSA) is 122 Å². The molecule has 9 heteroatoms. The molecule has 0 radical (unpaired) electrons. The second kappa shape index (κ2) is 8.57. The minimum atomic E-state index is -0.559. The molecule has 0 saturated carbocycles. The van der Waals surface area contributed by atoms with Crippen molar-refractivity contribution in [3.8, 4) is 0 Å². The molecule has 0 spiro atoms. The number of carbonyl (C=O) groups excluding carboxylic acids is 2. The van der Waals surface area contributed by atoms with Gasteiger partial charge in [0, 0.05) is 24.5 Å². The Labute approximate surface area is 158 Å². The van der Waals surface area contributed by atoms with Gasteiger partial charge in [0.25, 0.3) is 5.91 Å². The van der Waals surface area contributed by atoms with Gasteiger partial charge in [-0.25, -0.2) is 4.79 Å². The number of guanidine groups is 1. The highest BCUT2D eigenvalue weighted by atomic mass is 35.5. The molecule has 0 unspecified atom stereocenters. The molecule has 0 aliphatic rings. The maximum atomic E-state index is 12.1. The lowest BCUT2D eigenvalue weighted by atomic mass is 10.1. The van der Waals surface area contributed by atoms with Gasteiger partial charge in [-0.2, -0.15) is 0 Å². The van der Waals surface area contributed by atoms with Crippen LogP contribution in [0.25, 0.3) is 10.9 Å². The van der Waals surface area contributed by atoms with E-state index >= 15 is 0 Å². The fourth-order valence-electron chi connectivity index (χ4n) is 2.22. The number of hydrogen-bond donors (Lipinski definition) is 4. The number of nitrogens with one attached hydrogen (secondary N) is 3. The Morgan fingerprint density at radius 2 is 2.00 bits per heavy atom. The van der Waals surface area contributed by atoms with Crippen LogP contribution in [0.4, 0.5) is 4.79 Å². The first-order chi connectivity index (χ1) is 11.7. The molecule has 0 saturated heterocycles. The predicted octanol–water partition coefficient (Wildman–Crippen LogP) is 2.29. The van der Waals surface area contributed by atoms with Crippen LogP contribution in [0.3, 0.4) is 0 Å². The van der Waals surface area contributed by atoms with Crippen LogP contribution in [0.1, 0.15) is 36.8 Å². The van der Waals surface area contributed by atoms with Crippen molar-refractivity contribution in [1.29, 1.82) is 0 Å². The largest absolute Gasteiger partial charge is 0.444 e. The first kappa shape index (κ1) is 21.3. The Morgan fingerprint density at radius 1 is 1.31 bits per heavy atom. The fraction of sp³-hybridized carbons (Fsp3) is 0.353. The maximum Gasteiger partial charge on any atom is 0.407 e. The van der Waals surface area contributed by atoms with Gasteiger partial charge >= 0.3 is 6.09 Å². The van der Waals surface area contributed by atoms with Crippen molar-refractivity contribution in [2.45, 2.75) is 32.9 Å². The number of H-pyrrole nitrogens is 1. The van der Waals surface area contributed by atoms with E-state index in [0.717, 1.165) is 16.5 Å². The lowest BCUT2D eigenvalue weighted by Gasteiger charge is -2.19. The molecule has 1 aromatic carbocycles. The summed E-state index contributed by atoms with van der Waals surface area (Å²) in [5.74, 6) is -0.346. The average molecular weight is 382 g/mol. The molecule has 0 atom stereocenters. The van der Waals surface area contributed by atoms with E-state index in [4.69, 9.17) is 10.5 Å². The van der Waals surface area contributed by atoms with Crippen molar-refractivity contribution in [3.05, 3.63) is 35.5 Å². The molecular weight excluding hydrogens is 358 g/mol. The third-order valence-electron chi connectivity index (χ3n) is 3.30. The molecule has 2 rings (SSSR count). The van der Waals surface area contributed by atoms with Gasteiger partial charge in [0.1, 0.15) is 11.3 Å². The van der Waals surface area contributed by atoms with E-state index in [0.29, 0.717) is 5.69 Å².